The van der Waals surface area contributed by atoms with Gasteiger partial charge in [-0.05, 0) is 84.0 Å². The molecule has 0 fully saturated rings. The molecule has 0 bridgehead atoms. The zero-order chi connectivity index (χ0) is 18.6. The highest BCUT2D eigenvalue weighted by atomic mass is 14.3. The van der Waals surface area contributed by atoms with Gasteiger partial charge < -0.3 is 0 Å². The zero-order valence-electron chi connectivity index (χ0n) is 18.0. The lowest BCUT2D eigenvalue weighted by Crippen LogP contribution is -2.20. The van der Waals surface area contributed by atoms with Gasteiger partial charge in [-0.3, -0.25) is 0 Å². The average Bonchev–Trinajstić information content (AvgIpc) is 2.51. The number of rotatable bonds is 12. The van der Waals surface area contributed by atoms with Crippen molar-refractivity contribution in [1.29, 1.82) is 0 Å². The summed E-state index contributed by atoms with van der Waals surface area (Å²) in [7, 11) is 0. The molecule has 0 amide bonds. The molecule has 0 aliphatic heterocycles. The highest BCUT2D eigenvalue weighted by Gasteiger charge is 2.22. The minimum absolute atomic E-state index is 0.479. The van der Waals surface area contributed by atoms with Gasteiger partial charge in [0.1, 0.15) is 0 Å². The molecule has 0 aliphatic carbocycles. The van der Waals surface area contributed by atoms with Gasteiger partial charge in [-0.15, -0.1) is 0 Å². The minimum Gasteiger partial charge on any atom is -0.0859 e. The van der Waals surface area contributed by atoms with Crippen molar-refractivity contribution in [1.82, 2.24) is 0 Å². The molecule has 0 rings (SSSR count). The summed E-state index contributed by atoms with van der Waals surface area (Å²) in [6, 6.07) is 0. The fraction of sp³-hybridized carbons (Fsp3) is 0.750. The van der Waals surface area contributed by atoms with Crippen LogP contribution >= 0.6 is 0 Å². The molecule has 0 aromatic carbocycles. The molecule has 0 saturated heterocycles. The molecular formula is C24H44. The van der Waals surface area contributed by atoms with Crippen LogP contribution in [0.2, 0.25) is 0 Å². The standard InChI is InChI=1S/C24H44/c1-9-24(7,8)23(6)19-13-18-22(5)17-12-16-21(4)15-11-10-14-20(2)3/h14,16,18,23H,9-13,15,17,19H2,1-8H3/b21-16+,22-18+. The first kappa shape index (κ1) is 23.2. The van der Waals surface area contributed by atoms with Gasteiger partial charge in [0, 0.05) is 0 Å². The van der Waals surface area contributed by atoms with E-state index >= 15 is 0 Å². The van der Waals surface area contributed by atoms with Gasteiger partial charge in [0.05, 0.1) is 0 Å². The van der Waals surface area contributed by atoms with E-state index in [1.165, 1.54) is 56.9 Å². The van der Waals surface area contributed by atoms with Crippen molar-refractivity contribution in [3.63, 3.8) is 0 Å². The van der Waals surface area contributed by atoms with Gasteiger partial charge in [-0.2, -0.15) is 0 Å². The normalized spacial score (nSPS) is 14.7. The summed E-state index contributed by atoms with van der Waals surface area (Å²) < 4.78 is 0. The van der Waals surface area contributed by atoms with E-state index in [1.54, 1.807) is 11.1 Å². The Hall–Kier alpha value is -0.780. The van der Waals surface area contributed by atoms with Gasteiger partial charge in [0.15, 0.2) is 0 Å². The van der Waals surface area contributed by atoms with Crippen LogP contribution in [0.5, 0.6) is 0 Å². The van der Waals surface area contributed by atoms with Crippen LogP contribution in [0.1, 0.15) is 107 Å². The summed E-state index contributed by atoms with van der Waals surface area (Å²) >= 11 is 0. The predicted octanol–water partition coefficient (Wildman–Crippen LogP) is 8.65. The Morgan fingerprint density at radius 2 is 1.42 bits per heavy atom. The second-order valence-electron chi connectivity index (χ2n) is 8.63. The smallest absolute Gasteiger partial charge is 0.0288 e. The first-order chi connectivity index (χ1) is 11.2. The summed E-state index contributed by atoms with van der Waals surface area (Å²) in [5, 5.41) is 0. The van der Waals surface area contributed by atoms with Crippen molar-refractivity contribution in [3.05, 3.63) is 34.9 Å². The third kappa shape index (κ3) is 11.7. The Kier molecular flexibility index (Phi) is 12.2. The van der Waals surface area contributed by atoms with Crippen LogP contribution in [-0.4, -0.2) is 0 Å². The molecule has 0 heteroatoms. The lowest BCUT2D eigenvalue weighted by Gasteiger charge is -2.30. The monoisotopic (exact) mass is 332 g/mol. The maximum atomic E-state index is 2.47. The fourth-order valence-electron chi connectivity index (χ4n) is 2.84. The van der Waals surface area contributed by atoms with E-state index in [4.69, 9.17) is 0 Å². The summed E-state index contributed by atoms with van der Waals surface area (Å²) in [6.45, 7) is 18.5. The van der Waals surface area contributed by atoms with Crippen molar-refractivity contribution in [2.24, 2.45) is 11.3 Å². The van der Waals surface area contributed by atoms with E-state index in [9.17, 15) is 0 Å². The molecule has 0 aromatic heterocycles. The molecule has 0 aromatic rings. The van der Waals surface area contributed by atoms with E-state index in [1.807, 2.05) is 0 Å². The zero-order valence-corrected chi connectivity index (χ0v) is 18.0. The summed E-state index contributed by atoms with van der Waals surface area (Å²) in [6.07, 6.45) is 17.3. The van der Waals surface area contributed by atoms with Crippen molar-refractivity contribution in [2.45, 2.75) is 107 Å². The first-order valence-corrected chi connectivity index (χ1v) is 10.1. The molecular weight excluding hydrogens is 288 g/mol. The van der Waals surface area contributed by atoms with Crippen LogP contribution in [0.15, 0.2) is 34.9 Å². The Labute approximate surface area is 153 Å². The summed E-state index contributed by atoms with van der Waals surface area (Å²) in [5.74, 6) is 0.800. The second kappa shape index (κ2) is 12.6. The number of hydrogen-bond donors (Lipinski definition) is 0. The van der Waals surface area contributed by atoms with Gasteiger partial charge in [0.2, 0.25) is 0 Å². The summed E-state index contributed by atoms with van der Waals surface area (Å²) in [4.78, 5) is 0. The topological polar surface area (TPSA) is 0 Å². The van der Waals surface area contributed by atoms with Crippen LogP contribution in [0.25, 0.3) is 0 Å². The van der Waals surface area contributed by atoms with Gasteiger partial charge in [0.25, 0.3) is 0 Å². The predicted molar refractivity (Wildman–Crippen MR) is 113 cm³/mol. The second-order valence-corrected chi connectivity index (χ2v) is 8.63. The molecule has 1 atom stereocenters. The Balaban J connectivity index is 4.01. The number of allylic oxidation sites excluding steroid dienone is 6. The van der Waals surface area contributed by atoms with Crippen LogP contribution < -0.4 is 0 Å². The van der Waals surface area contributed by atoms with E-state index in [0.717, 1.165) is 5.92 Å². The highest BCUT2D eigenvalue weighted by Crippen LogP contribution is 2.33. The maximum absolute atomic E-state index is 2.47. The molecule has 0 spiro atoms. The average molecular weight is 333 g/mol. The first-order valence-electron chi connectivity index (χ1n) is 10.1. The Bertz CT molecular complexity index is 413. The highest BCUT2D eigenvalue weighted by molar-refractivity contribution is 5.04. The molecule has 0 aliphatic rings. The molecule has 0 radical (unpaired) electrons. The molecule has 1 unspecified atom stereocenters. The Morgan fingerprint density at radius 3 is 2.00 bits per heavy atom. The molecule has 140 valence electrons. The van der Waals surface area contributed by atoms with Crippen LogP contribution in [-0.2, 0) is 0 Å². The van der Waals surface area contributed by atoms with Crippen molar-refractivity contribution in [2.75, 3.05) is 0 Å². The maximum Gasteiger partial charge on any atom is -0.0288 e. The molecule has 0 nitrogen and oxygen atoms in total. The molecule has 0 saturated carbocycles. The van der Waals surface area contributed by atoms with Crippen LogP contribution in [0.3, 0.4) is 0 Å². The number of unbranched alkanes of at least 4 members (excludes halogenated alkanes) is 1. The van der Waals surface area contributed by atoms with Crippen molar-refractivity contribution < 1.29 is 0 Å². The van der Waals surface area contributed by atoms with Gasteiger partial charge >= 0.3 is 0 Å². The quantitative estimate of drug-likeness (QED) is 0.248. The molecule has 0 heterocycles. The van der Waals surface area contributed by atoms with E-state index < -0.39 is 0 Å². The lowest BCUT2D eigenvalue weighted by atomic mass is 9.75. The summed E-state index contributed by atoms with van der Waals surface area (Å²) in [5.41, 5.74) is 5.04. The third-order valence-corrected chi connectivity index (χ3v) is 5.70. The SMILES string of the molecule is CCC(C)(C)C(C)CC/C=C(\C)CC/C=C(\C)CCCC=C(C)C. The van der Waals surface area contributed by atoms with E-state index in [-0.39, 0.29) is 0 Å². The van der Waals surface area contributed by atoms with Crippen LogP contribution in [0, 0.1) is 11.3 Å². The van der Waals surface area contributed by atoms with E-state index in [0.29, 0.717) is 5.41 Å². The van der Waals surface area contributed by atoms with Gasteiger partial charge in [-0.25, -0.2) is 0 Å². The third-order valence-electron chi connectivity index (χ3n) is 5.70. The lowest BCUT2D eigenvalue weighted by molar-refractivity contribution is 0.210. The van der Waals surface area contributed by atoms with Crippen molar-refractivity contribution >= 4 is 0 Å². The van der Waals surface area contributed by atoms with E-state index in [2.05, 4.69) is 73.6 Å². The fourth-order valence-corrected chi connectivity index (χ4v) is 2.84. The number of hydrogen-bond acceptors (Lipinski definition) is 0. The molecule has 0 N–H and O–H groups in total. The molecule has 24 heavy (non-hydrogen) atoms. The largest absolute Gasteiger partial charge is 0.0859 e. The Morgan fingerprint density at radius 1 is 0.833 bits per heavy atom. The van der Waals surface area contributed by atoms with Crippen molar-refractivity contribution in [3.8, 4) is 0 Å². The van der Waals surface area contributed by atoms with Crippen LogP contribution in [0.4, 0.5) is 0 Å². The van der Waals surface area contributed by atoms with Gasteiger partial charge in [-0.1, -0.05) is 69.1 Å². The minimum atomic E-state index is 0.479.